The Bertz CT molecular complexity index is 933. The summed E-state index contributed by atoms with van der Waals surface area (Å²) in [6.45, 7) is -0.347. The molecule has 0 aliphatic heterocycles. The molecule has 0 bridgehead atoms. The van der Waals surface area contributed by atoms with Gasteiger partial charge >= 0.3 is 12.6 Å². The number of alkyl halides is 2. The number of aryl methyl sites for hydroxylation is 2. The molecule has 2 amide bonds. The fraction of sp³-hybridized carbons (Fsp3) is 0.250. The molecule has 0 saturated carbocycles. The Morgan fingerprint density at radius 2 is 1.73 bits per heavy atom. The second-order valence-electron chi connectivity index (χ2n) is 6.29. The number of esters is 1. The van der Waals surface area contributed by atoms with E-state index in [4.69, 9.17) is 16.3 Å². The van der Waals surface area contributed by atoms with E-state index in [0.29, 0.717) is 5.56 Å². The molecule has 7 nitrogen and oxygen atoms in total. The molecule has 0 spiro atoms. The summed E-state index contributed by atoms with van der Waals surface area (Å²) in [6.07, 6.45) is 0. The molecule has 160 valence electrons. The van der Waals surface area contributed by atoms with E-state index in [2.05, 4.69) is 15.4 Å². The van der Waals surface area contributed by atoms with Gasteiger partial charge in [-0.25, -0.2) is 0 Å². The highest BCUT2D eigenvalue weighted by Gasteiger charge is 2.13. The van der Waals surface area contributed by atoms with Gasteiger partial charge in [-0.3, -0.25) is 14.4 Å². The van der Waals surface area contributed by atoms with E-state index in [-0.39, 0.29) is 16.5 Å². The van der Waals surface area contributed by atoms with Crippen LogP contribution in [0.3, 0.4) is 0 Å². The fourth-order valence-corrected chi connectivity index (χ4v) is 2.75. The second kappa shape index (κ2) is 10.5. The molecular formula is C20H19ClF2N2O5. The van der Waals surface area contributed by atoms with Crippen molar-refractivity contribution in [1.29, 1.82) is 0 Å². The molecule has 0 aliphatic carbocycles. The van der Waals surface area contributed by atoms with Gasteiger partial charge < -0.3 is 20.1 Å². The maximum atomic E-state index is 12.2. The SMILES string of the molecule is Cc1cc(C)cc(C(=O)NCC(=O)OCC(=O)Nc2ccc(OC(F)F)c(Cl)c2)c1. The quantitative estimate of drug-likeness (QED) is 0.613. The summed E-state index contributed by atoms with van der Waals surface area (Å²) in [6, 6.07) is 8.96. The Balaban J connectivity index is 1.78. The number of amides is 2. The minimum Gasteiger partial charge on any atom is -0.454 e. The van der Waals surface area contributed by atoms with Gasteiger partial charge in [-0.1, -0.05) is 28.8 Å². The molecule has 30 heavy (non-hydrogen) atoms. The van der Waals surface area contributed by atoms with Crippen LogP contribution >= 0.6 is 11.6 Å². The first-order valence-corrected chi connectivity index (χ1v) is 9.08. The van der Waals surface area contributed by atoms with E-state index in [1.165, 1.54) is 18.2 Å². The summed E-state index contributed by atoms with van der Waals surface area (Å²) in [5.74, 6) is -2.16. The van der Waals surface area contributed by atoms with Crippen LogP contribution in [0.15, 0.2) is 36.4 Å². The van der Waals surface area contributed by atoms with Crippen molar-refractivity contribution in [3.8, 4) is 5.75 Å². The van der Waals surface area contributed by atoms with E-state index in [9.17, 15) is 23.2 Å². The van der Waals surface area contributed by atoms with Crippen LogP contribution in [0, 0.1) is 13.8 Å². The smallest absolute Gasteiger partial charge is 0.387 e. The molecular weight excluding hydrogens is 422 g/mol. The summed E-state index contributed by atoms with van der Waals surface area (Å²) >= 11 is 5.79. The zero-order valence-electron chi connectivity index (χ0n) is 16.1. The second-order valence-corrected chi connectivity index (χ2v) is 6.70. The molecule has 0 atom stereocenters. The average molecular weight is 441 g/mol. The molecule has 0 aliphatic rings. The average Bonchev–Trinajstić information content (AvgIpc) is 2.65. The fourth-order valence-electron chi connectivity index (χ4n) is 2.52. The van der Waals surface area contributed by atoms with E-state index >= 15 is 0 Å². The molecule has 10 heteroatoms. The Hall–Kier alpha value is -3.20. The van der Waals surface area contributed by atoms with Gasteiger partial charge in [0.15, 0.2) is 6.61 Å². The highest BCUT2D eigenvalue weighted by molar-refractivity contribution is 6.32. The molecule has 0 heterocycles. The number of rotatable bonds is 8. The highest BCUT2D eigenvalue weighted by Crippen LogP contribution is 2.28. The van der Waals surface area contributed by atoms with Crippen LogP contribution in [0.2, 0.25) is 5.02 Å². The van der Waals surface area contributed by atoms with Crippen LogP contribution in [-0.2, 0) is 14.3 Å². The Morgan fingerprint density at radius 3 is 2.33 bits per heavy atom. The van der Waals surface area contributed by atoms with Crippen LogP contribution in [0.4, 0.5) is 14.5 Å². The number of anilines is 1. The predicted molar refractivity (Wildman–Crippen MR) is 106 cm³/mol. The van der Waals surface area contributed by atoms with Gasteiger partial charge in [-0.15, -0.1) is 0 Å². The first kappa shape index (κ1) is 23.1. The molecule has 0 fully saturated rings. The van der Waals surface area contributed by atoms with E-state index in [0.717, 1.165) is 11.1 Å². The largest absolute Gasteiger partial charge is 0.454 e. The van der Waals surface area contributed by atoms with Crippen molar-refractivity contribution in [2.75, 3.05) is 18.5 Å². The Morgan fingerprint density at radius 1 is 1.07 bits per heavy atom. The van der Waals surface area contributed by atoms with Gasteiger partial charge in [0.05, 0.1) is 5.02 Å². The zero-order chi connectivity index (χ0) is 22.3. The van der Waals surface area contributed by atoms with Gasteiger partial charge in [0.1, 0.15) is 12.3 Å². The lowest BCUT2D eigenvalue weighted by Crippen LogP contribution is -2.32. The summed E-state index contributed by atoms with van der Waals surface area (Å²) in [7, 11) is 0. The van der Waals surface area contributed by atoms with Crippen LogP contribution in [-0.4, -0.2) is 37.5 Å². The third kappa shape index (κ3) is 7.32. The minimum absolute atomic E-state index is 0.126. The van der Waals surface area contributed by atoms with Crippen LogP contribution in [0.5, 0.6) is 5.75 Å². The van der Waals surface area contributed by atoms with Gasteiger partial charge in [0.2, 0.25) is 0 Å². The molecule has 2 N–H and O–H groups in total. The van der Waals surface area contributed by atoms with Crippen molar-refractivity contribution in [1.82, 2.24) is 5.32 Å². The standard InChI is InChI=1S/C20H19ClF2N2O5/c1-11-5-12(2)7-13(6-11)19(28)24-9-18(27)29-10-17(26)25-14-3-4-16(15(21)8-14)30-20(22)23/h3-8,20H,9-10H2,1-2H3,(H,24,28)(H,25,26). The Kier molecular flexibility index (Phi) is 8.11. The number of carbonyl (C=O) groups excluding carboxylic acids is 3. The molecule has 2 aromatic carbocycles. The molecule has 0 saturated heterocycles. The number of carbonyl (C=O) groups is 3. The van der Waals surface area contributed by atoms with Crippen molar-refractivity contribution < 1.29 is 32.6 Å². The third-order valence-corrected chi connectivity index (χ3v) is 3.97. The van der Waals surface area contributed by atoms with E-state index in [1.807, 2.05) is 19.9 Å². The zero-order valence-corrected chi connectivity index (χ0v) is 16.9. The van der Waals surface area contributed by atoms with Gasteiger partial charge in [0.25, 0.3) is 11.8 Å². The maximum Gasteiger partial charge on any atom is 0.387 e. The van der Waals surface area contributed by atoms with Gasteiger partial charge in [0, 0.05) is 11.3 Å². The Labute approximate surface area is 176 Å². The van der Waals surface area contributed by atoms with Crippen molar-refractivity contribution in [2.45, 2.75) is 20.5 Å². The van der Waals surface area contributed by atoms with Crippen molar-refractivity contribution >= 4 is 35.1 Å². The maximum absolute atomic E-state index is 12.2. The van der Waals surface area contributed by atoms with E-state index < -0.39 is 37.5 Å². The first-order chi connectivity index (χ1) is 14.1. The number of halogens is 3. The summed E-state index contributed by atoms with van der Waals surface area (Å²) < 4.78 is 33.4. The van der Waals surface area contributed by atoms with Crippen molar-refractivity contribution in [2.24, 2.45) is 0 Å². The van der Waals surface area contributed by atoms with Gasteiger partial charge in [-0.2, -0.15) is 8.78 Å². The molecule has 2 rings (SSSR count). The summed E-state index contributed by atoms with van der Waals surface area (Å²) in [4.78, 5) is 35.7. The third-order valence-electron chi connectivity index (χ3n) is 3.67. The van der Waals surface area contributed by atoms with Crippen molar-refractivity contribution in [3.05, 3.63) is 58.1 Å². The lowest BCUT2D eigenvalue weighted by molar-refractivity contribution is -0.146. The highest BCUT2D eigenvalue weighted by atomic mass is 35.5. The summed E-state index contributed by atoms with van der Waals surface area (Å²) in [5.41, 5.74) is 2.43. The van der Waals surface area contributed by atoms with Gasteiger partial charge in [-0.05, 0) is 44.2 Å². The van der Waals surface area contributed by atoms with Crippen molar-refractivity contribution in [3.63, 3.8) is 0 Å². The first-order valence-electron chi connectivity index (χ1n) is 8.70. The topological polar surface area (TPSA) is 93.7 Å². The van der Waals surface area contributed by atoms with Crippen LogP contribution in [0.25, 0.3) is 0 Å². The number of benzene rings is 2. The van der Waals surface area contributed by atoms with Crippen LogP contribution < -0.4 is 15.4 Å². The minimum atomic E-state index is -3.03. The number of nitrogens with one attached hydrogen (secondary N) is 2. The molecule has 0 unspecified atom stereocenters. The normalized spacial score (nSPS) is 10.5. The molecule has 0 radical (unpaired) electrons. The number of hydrogen-bond acceptors (Lipinski definition) is 5. The molecule has 2 aromatic rings. The van der Waals surface area contributed by atoms with E-state index in [1.54, 1.807) is 12.1 Å². The molecule has 0 aromatic heterocycles. The summed E-state index contributed by atoms with van der Waals surface area (Å²) in [5, 5.41) is 4.68. The number of hydrogen-bond donors (Lipinski definition) is 2. The lowest BCUT2D eigenvalue weighted by Gasteiger charge is -2.10. The monoisotopic (exact) mass is 440 g/mol. The lowest BCUT2D eigenvalue weighted by atomic mass is 10.1. The predicted octanol–water partition coefficient (Wildman–Crippen LogP) is 3.47. The number of ether oxygens (including phenoxy) is 2. The van der Waals surface area contributed by atoms with Crippen LogP contribution in [0.1, 0.15) is 21.5 Å².